The predicted octanol–water partition coefficient (Wildman–Crippen LogP) is 0.800. The molecule has 0 radical (unpaired) electrons. The molecule has 0 aliphatic carbocycles. The van der Waals surface area contributed by atoms with Gasteiger partial charge in [0.05, 0.1) is 12.0 Å². The molecule has 0 atom stereocenters. The van der Waals surface area contributed by atoms with Gasteiger partial charge in [-0.05, 0) is 27.7 Å². The van der Waals surface area contributed by atoms with Gasteiger partial charge in [-0.1, -0.05) is 0 Å². The van der Waals surface area contributed by atoms with E-state index in [1.807, 2.05) is 18.7 Å². The van der Waals surface area contributed by atoms with Crippen molar-refractivity contribution in [2.75, 3.05) is 19.7 Å². The number of carboxylic acid groups (broad SMARTS) is 1. The molecule has 0 amide bonds. The average Bonchev–Trinajstić information content (AvgIpc) is 2.02. The van der Waals surface area contributed by atoms with E-state index in [2.05, 4.69) is 0 Å². The maximum absolute atomic E-state index is 10.9. The van der Waals surface area contributed by atoms with Crippen LogP contribution in [0, 0.1) is 5.41 Å². The van der Waals surface area contributed by atoms with Crippen molar-refractivity contribution in [1.82, 2.24) is 4.90 Å². The standard InChI is InChI=1S/C10H21NO3/c1-8(2)11(5-6-12)7-10(3,4)9(13)14/h8,12H,5-7H2,1-4H3,(H,13,14). The third-order valence-electron chi connectivity index (χ3n) is 2.29. The molecule has 2 N–H and O–H groups in total. The molecule has 0 aromatic carbocycles. The number of aliphatic carboxylic acids is 1. The summed E-state index contributed by atoms with van der Waals surface area (Å²) in [6.45, 7) is 8.42. The number of carboxylic acids is 1. The maximum Gasteiger partial charge on any atom is 0.310 e. The van der Waals surface area contributed by atoms with Gasteiger partial charge < -0.3 is 10.2 Å². The van der Waals surface area contributed by atoms with E-state index >= 15 is 0 Å². The number of rotatable bonds is 6. The zero-order valence-corrected chi connectivity index (χ0v) is 9.45. The number of hydrogen-bond donors (Lipinski definition) is 2. The van der Waals surface area contributed by atoms with E-state index in [4.69, 9.17) is 10.2 Å². The Morgan fingerprint density at radius 1 is 1.43 bits per heavy atom. The first-order chi connectivity index (χ1) is 6.31. The van der Waals surface area contributed by atoms with Crippen molar-refractivity contribution in [3.05, 3.63) is 0 Å². The van der Waals surface area contributed by atoms with Crippen LogP contribution in [0.3, 0.4) is 0 Å². The summed E-state index contributed by atoms with van der Waals surface area (Å²) in [5.41, 5.74) is -0.764. The van der Waals surface area contributed by atoms with Crippen LogP contribution in [0.1, 0.15) is 27.7 Å². The number of aliphatic hydroxyl groups is 1. The lowest BCUT2D eigenvalue weighted by Crippen LogP contribution is -2.43. The first-order valence-corrected chi connectivity index (χ1v) is 4.89. The highest BCUT2D eigenvalue weighted by atomic mass is 16.4. The topological polar surface area (TPSA) is 60.8 Å². The van der Waals surface area contributed by atoms with Crippen LogP contribution in [-0.2, 0) is 4.79 Å². The zero-order valence-electron chi connectivity index (χ0n) is 9.45. The van der Waals surface area contributed by atoms with E-state index in [1.54, 1.807) is 13.8 Å². The average molecular weight is 203 g/mol. The smallest absolute Gasteiger partial charge is 0.310 e. The van der Waals surface area contributed by atoms with E-state index in [0.717, 1.165) is 0 Å². The first kappa shape index (κ1) is 13.4. The number of nitrogens with zero attached hydrogens (tertiary/aromatic N) is 1. The maximum atomic E-state index is 10.9. The van der Waals surface area contributed by atoms with Gasteiger partial charge in [0.15, 0.2) is 0 Å². The van der Waals surface area contributed by atoms with Gasteiger partial charge in [0.2, 0.25) is 0 Å². The van der Waals surface area contributed by atoms with E-state index in [0.29, 0.717) is 13.1 Å². The van der Waals surface area contributed by atoms with Gasteiger partial charge in [-0.2, -0.15) is 0 Å². The first-order valence-electron chi connectivity index (χ1n) is 4.89. The van der Waals surface area contributed by atoms with Crippen LogP contribution in [0.15, 0.2) is 0 Å². The van der Waals surface area contributed by atoms with Crippen LogP contribution >= 0.6 is 0 Å². The summed E-state index contributed by atoms with van der Waals surface area (Å²) < 4.78 is 0. The minimum absolute atomic E-state index is 0.0634. The van der Waals surface area contributed by atoms with Crippen LogP contribution in [-0.4, -0.2) is 46.8 Å². The lowest BCUT2D eigenvalue weighted by molar-refractivity contribution is -0.148. The van der Waals surface area contributed by atoms with Crippen LogP contribution in [0.2, 0.25) is 0 Å². The van der Waals surface area contributed by atoms with Crippen molar-refractivity contribution in [2.45, 2.75) is 33.7 Å². The Morgan fingerprint density at radius 2 is 1.93 bits per heavy atom. The molecule has 14 heavy (non-hydrogen) atoms. The van der Waals surface area contributed by atoms with Gasteiger partial charge >= 0.3 is 5.97 Å². The molecule has 84 valence electrons. The minimum Gasteiger partial charge on any atom is -0.481 e. The third kappa shape index (κ3) is 4.07. The summed E-state index contributed by atoms with van der Waals surface area (Å²) in [7, 11) is 0. The molecule has 0 aliphatic heterocycles. The Bertz CT molecular complexity index is 190. The molecule has 0 saturated heterocycles. The van der Waals surface area contributed by atoms with Crippen LogP contribution in [0.25, 0.3) is 0 Å². The molecule has 0 aromatic rings. The van der Waals surface area contributed by atoms with Gasteiger partial charge in [0.1, 0.15) is 0 Å². The summed E-state index contributed by atoms with van der Waals surface area (Å²) in [5, 5.41) is 17.8. The summed E-state index contributed by atoms with van der Waals surface area (Å²) in [5.74, 6) is -0.805. The molecule has 4 heteroatoms. The van der Waals surface area contributed by atoms with Gasteiger partial charge in [0, 0.05) is 19.1 Å². The molecule has 0 spiro atoms. The summed E-state index contributed by atoms with van der Waals surface area (Å²) in [6, 6.07) is 0.251. The van der Waals surface area contributed by atoms with Crippen molar-refractivity contribution in [3.63, 3.8) is 0 Å². The second-order valence-corrected chi connectivity index (χ2v) is 4.48. The van der Waals surface area contributed by atoms with Gasteiger partial charge in [-0.25, -0.2) is 0 Å². The van der Waals surface area contributed by atoms with Crippen molar-refractivity contribution in [3.8, 4) is 0 Å². The lowest BCUT2D eigenvalue weighted by Gasteiger charge is -2.32. The van der Waals surface area contributed by atoms with Crippen LogP contribution in [0.5, 0.6) is 0 Å². The fraction of sp³-hybridized carbons (Fsp3) is 0.900. The molecule has 0 unspecified atom stereocenters. The summed E-state index contributed by atoms with van der Waals surface area (Å²) >= 11 is 0. The summed E-state index contributed by atoms with van der Waals surface area (Å²) in [4.78, 5) is 12.9. The SMILES string of the molecule is CC(C)N(CCO)CC(C)(C)C(=O)O. The number of carbonyl (C=O) groups is 1. The Balaban J connectivity index is 4.35. The van der Waals surface area contributed by atoms with Crippen molar-refractivity contribution in [2.24, 2.45) is 5.41 Å². The summed E-state index contributed by atoms with van der Waals surface area (Å²) in [6.07, 6.45) is 0. The van der Waals surface area contributed by atoms with Crippen molar-refractivity contribution >= 4 is 5.97 Å². The predicted molar refractivity (Wildman–Crippen MR) is 55.2 cm³/mol. The van der Waals surface area contributed by atoms with E-state index < -0.39 is 11.4 Å². The van der Waals surface area contributed by atoms with E-state index in [-0.39, 0.29) is 12.6 Å². The third-order valence-corrected chi connectivity index (χ3v) is 2.29. The molecule has 0 aliphatic rings. The highest BCUT2D eigenvalue weighted by Gasteiger charge is 2.30. The molecule has 0 saturated carbocycles. The Hall–Kier alpha value is -0.610. The highest BCUT2D eigenvalue weighted by molar-refractivity contribution is 5.73. The highest BCUT2D eigenvalue weighted by Crippen LogP contribution is 2.18. The molecule has 4 nitrogen and oxygen atoms in total. The van der Waals surface area contributed by atoms with Gasteiger partial charge in [-0.15, -0.1) is 0 Å². The zero-order chi connectivity index (χ0) is 11.4. The van der Waals surface area contributed by atoms with Crippen LogP contribution in [0.4, 0.5) is 0 Å². The molecule has 0 fully saturated rings. The van der Waals surface area contributed by atoms with Crippen molar-refractivity contribution in [1.29, 1.82) is 0 Å². The van der Waals surface area contributed by atoms with Crippen molar-refractivity contribution < 1.29 is 15.0 Å². The second kappa shape index (κ2) is 5.32. The fourth-order valence-electron chi connectivity index (χ4n) is 1.22. The molecule has 0 rings (SSSR count). The fourth-order valence-corrected chi connectivity index (χ4v) is 1.22. The molecule has 0 heterocycles. The largest absolute Gasteiger partial charge is 0.481 e. The monoisotopic (exact) mass is 203 g/mol. The normalized spacial score (nSPS) is 12.5. The van der Waals surface area contributed by atoms with E-state index in [1.165, 1.54) is 0 Å². The minimum atomic E-state index is -0.805. The number of hydrogen-bond acceptors (Lipinski definition) is 3. The Morgan fingerprint density at radius 3 is 2.21 bits per heavy atom. The van der Waals surface area contributed by atoms with E-state index in [9.17, 15) is 4.79 Å². The Labute approximate surface area is 85.5 Å². The lowest BCUT2D eigenvalue weighted by atomic mass is 9.92. The quantitative estimate of drug-likeness (QED) is 0.670. The van der Waals surface area contributed by atoms with Gasteiger partial charge in [0.25, 0.3) is 0 Å². The number of aliphatic hydroxyl groups excluding tert-OH is 1. The molecule has 0 bridgehead atoms. The Kier molecular flexibility index (Phi) is 5.08. The molecule has 0 aromatic heterocycles. The second-order valence-electron chi connectivity index (χ2n) is 4.48. The molecular weight excluding hydrogens is 182 g/mol. The van der Waals surface area contributed by atoms with Crippen LogP contribution < -0.4 is 0 Å². The van der Waals surface area contributed by atoms with Gasteiger partial charge in [-0.3, -0.25) is 9.69 Å². The molecular formula is C10H21NO3.